The third-order valence-electron chi connectivity index (χ3n) is 2.94. The molecule has 0 bridgehead atoms. The molecular weight excluding hydrogens is 280 g/mol. The summed E-state index contributed by atoms with van der Waals surface area (Å²) >= 11 is 3.09. The Balaban J connectivity index is 2.26. The van der Waals surface area contributed by atoms with E-state index < -0.39 is 0 Å². The molecule has 0 aliphatic heterocycles. The van der Waals surface area contributed by atoms with Crippen LogP contribution in [0, 0.1) is 10.1 Å². The van der Waals surface area contributed by atoms with E-state index in [9.17, 15) is 10.1 Å². The van der Waals surface area contributed by atoms with E-state index in [-0.39, 0.29) is 10.6 Å². The van der Waals surface area contributed by atoms with Gasteiger partial charge in [-0.2, -0.15) is 0 Å². The van der Waals surface area contributed by atoms with Gasteiger partial charge in [0.2, 0.25) is 0 Å². The molecule has 3 aromatic rings. The molecule has 0 aromatic carbocycles. The highest BCUT2D eigenvalue weighted by Gasteiger charge is 2.24. The molecule has 0 atom stereocenters. The predicted octanol–water partition coefficient (Wildman–Crippen LogP) is 4.39. The molecule has 0 radical (unpaired) electrons. The van der Waals surface area contributed by atoms with Crippen LogP contribution in [0.25, 0.3) is 21.1 Å². The molecule has 0 amide bonds. The Labute approximate surface area is 117 Å². The molecule has 4 nitrogen and oxygen atoms in total. The van der Waals surface area contributed by atoms with Gasteiger partial charge >= 0.3 is 0 Å². The molecule has 19 heavy (non-hydrogen) atoms. The summed E-state index contributed by atoms with van der Waals surface area (Å²) in [7, 11) is 1.87. The van der Waals surface area contributed by atoms with Crippen LogP contribution in [0.3, 0.4) is 0 Å². The highest BCUT2D eigenvalue weighted by Crippen LogP contribution is 2.39. The lowest BCUT2D eigenvalue weighted by molar-refractivity contribution is -0.384. The minimum absolute atomic E-state index is 0.161. The first-order valence-corrected chi connectivity index (χ1v) is 7.36. The quantitative estimate of drug-likeness (QED) is 0.530. The maximum Gasteiger partial charge on any atom is 0.296 e. The number of nitrogens with zero attached hydrogens (tertiary/aromatic N) is 2. The molecule has 0 unspecified atom stereocenters. The van der Waals surface area contributed by atoms with Crippen molar-refractivity contribution in [1.29, 1.82) is 0 Å². The average Bonchev–Trinajstić information content (AvgIpc) is 3.07. The Kier molecular flexibility index (Phi) is 2.96. The third-order valence-corrected chi connectivity index (χ3v) is 4.71. The molecule has 0 aliphatic carbocycles. The summed E-state index contributed by atoms with van der Waals surface area (Å²) in [6, 6.07) is 9.39. The van der Waals surface area contributed by atoms with Gasteiger partial charge < -0.3 is 4.57 Å². The molecule has 0 saturated heterocycles. The maximum absolute atomic E-state index is 11.3. The maximum atomic E-state index is 11.3. The SMILES string of the molecule is Cn1c(-c2cccs2)cc([N+](=O)[O-])c1-c1cccs1. The standard InChI is InChI=1S/C13H10N2O2S2/c1-14-9(11-4-2-6-18-11)8-10(15(16)17)13(14)12-5-3-7-19-12/h2-8H,1H3. The molecule has 3 aromatic heterocycles. The fraction of sp³-hybridized carbons (Fsp3) is 0.0769. The van der Waals surface area contributed by atoms with Gasteiger partial charge in [-0.05, 0) is 22.9 Å². The zero-order valence-corrected chi connectivity index (χ0v) is 11.7. The minimum Gasteiger partial charge on any atom is -0.336 e. The van der Waals surface area contributed by atoms with Gasteiger partial charge in [0, 0.05) is 13.1 Å². The van der Waals surface area contributed by atoms with Crippen LogP contribution < -0.4 is 0 Å². The summed E-state index contributed by atoms with van der Waals surface area (Å²) < 4.78 is 1.90. The molecule has 3 rings (SSSR count). The number of hydrogen-bond acceptors (Lipinski definition) is 4. The molecule has 6 heteroatoms. The molecule has 0 fully saturated rings. The van der Waals surface area contributed by atoms with Crippen LogP contribution >= 0.6 is 22.7 Å². The van der Waals surface area contributed by atoms with Crippen molar-refractivity contribution in [1.82, 2.24) is 4.57 Å². The number of nitro groups is 1. The van der Waals surface area contributed by atoms with Crippen molar-refractivity contribution in [3.8, 4) is 21.1 Å². The summed E-state index contributed by atoms with van der Waals surface area (Å²) in [4.78, 5) is 12.9. The van der Waals surface area contributed by atoms with E-state index in [4.69, 9.17) is 0 Å². The second-order valence-corrected chi connectivity index (χ2v) is 5.93. The van der Waals surface area contributed by atoms with Gasteiger partial charge in [-0.25, -0.2) is 0 Å². The average molecular weight is 290 g/mol. The molecule has 0 N–H and O–H groups in total. The summed E-state index contributed by atoms with van der Waals surface area (Å²) in [6.45, 7) is 0. The minimum atomic E-state index is -0.313. The van der Waals surface area contributed by atoms with Crippen LogP contribution in [-0.2, 0) is 7.05 Å². The monoisotopic (exact) mass is 290 g/mol. The summed E-state index contributed by atoms with van der Waals surface area (Å²) in [5.74, 6) is 0. The first-order valence-electron chi connectivity index (χ1n) is 5.60. The van der Waals surface area contributed by atoms with Crippen molar-refractivity contribution in [3.05, 3.63) is 51.2 Å². The van der Waals surface area contributed by atoms with Crippen LogP contribution in [0.5, 0.6) is 0 Å². The molecule has 0 aliphatic rings. The van der Waals surface area contributed by atoms with Gasteiger partial charge in [0.25, 0.3) is 5.69 Å². The summed E-state index contributed by atoms with van der Waals surface area (Å²) in [5, 5.41) is 15.2. The smallest absolute Gasteiger partial charge is 0.296 e. The predicted molar refractivity (Wildman–Crippen MR) is 78.7 cm³/mol. The van der Waals surface area contributed by atoms with E-state index in [2.05, 4.69) is 0 Å². The lowest BCUT2D eigenvalue weighted by atomic mass is 10.3. The second kappa shape index (κ2) is 4.64. The fourth-order valence-corrected chi connectivity index (χ4v) is 3.68. The van der Waals surface area contributed by atoms with E-state index in [0.717, 1.165) is 15.4 Å². The second-order valence-electron chi connectivity index (χ2n) is 4.03. The number of thiophene rings is 2. The van der Waals surface area contributed by atoms with E-state index >= 15 is 0 Å². The number of aromatic nitrogens is 1. The van der Waals surface area contributed by atoms with E-state index in [1.54, 1.807) is 17.4 Å². The van der Waals surface area contributed by atoms with Gasteiger partial charge in [-0.3, -0.25) is 10.1 Å². The third kappa shape index (κ3) is 1.98. The highest BCUT2D eigenvalue weighted by molar-refractivity contribution is 7.14. The molecule has 96 valence electrons. The van der Waals surface area contributed by atoms with Crippen molar-refractivity contribution in [2.75, 3.05) is 0 Å². The van der Waals surface area contributed by atoms with Crippen LogP contribution in [-0.4, -0.2) is 9.49 Å². The van der Waals surface area contributed by atoms with Crippen LogP contribution in [0.15, 0.2) is 41.1 Å². The lowest BCUT2D eigenvalue weighted by Crippen LogP contribution is -1.94. The van der Waals surface area contributed by atoms with Crippen molar-refractivity contribution in [3.63, 3.8) is 0 Å². The van der Waals surface area contributed by atoms with E-state index in [1.165, 1.54) is 11.3 Å². The molecular formula is C13H10N2O2S2. The summed E-state index contributed by atoms with van der Waals surface area (Å²) in [5.41, 5.74) is 1.71. The zero-order valence-electron chi connectivity index (χ0n) is 10.1. The van der Waals surface area contributed by atoms with Gasteiger partial charge in [-0.1, -0.05) is 12.1 Å². The molecule has 0 saturated carbocycles. The Morgan fingerprint density at radius 3 is 2.32 bits per heavy atom. The van der Waals surface area contributed by atoms with Gasteiger partial charge in [-0.15, -0.1) is 22.7 Å². The van der Waals surface area contributed by atoms with Crippen LogP contribution in [0.2, 0.25) is 0 Å². The van der Waals surface area contributed by atoms with Crippen molar-refractivity contribution in [2.45, 2.75) is 0 Å². The lowest BCUT2D eigenvalue weighted by Gasteiger charge is -2.03. The Hall–Kier alpha value is -1.92. The highest BCUT2D eigenvalue weighted by atomic mass is 32.1. The molecule has 0 spiro atoms. The topological polar surface area (TPSA) is 48.1 Å². The number of rotatable bonds is 3. The first kappa shape index (κ1) is 12.1. The van der Waals surface area contributed by atoms with Crippen molar-refractivity contribution >= 4 is 28.4 Å². The largest absolute Gasteiger partial charge is 0.336 e. The molecule has 3 heterocycles. The van der Waals surface area contributed by atoms with E-state index in [1.807, 2.05) is 46.6 Å². The number of hydrogen-bond donors (Lipinski definition) is 0. The Morgan fingerprint density at radius 1 is 1.16 bits per heavy atom. The van der Waals surface area contributed by atoms with Crippen LogP contribution in [0.1, 0.15) is 0 Å². The van der Waals surface area contributed by atoms with Crippen LogP contribution in [0.4, 0.5) is 5.69 Å². The Morgan fingerprint density at radius 2 is 1.79 bits per heavy atom. The van der Waals surface area contributed by atoms with Crippen molar-refractivity contribution < 1.29 is 4.92 Å². The fourth-order valence-electron chi connectivity index (χ4n) is 2.09. The normalized spacial score (nSPS) is 10.8. The first-order chi connectivity index (χ1) is 9.18. The Bertz CT molecular complexity index is 712. The summed E-state index contributed by atoms with van der Waals surface area (Å²) in [6.07, 6.45) is 0. The van der Waals surface area contributed by atoms with Gasteiger partial charge in [0.05, 0.1) is 20.4 Å². The zero-order chi connectivity index (χ0) is 13.4. The van der Waals surface area contributed by atoms with E-state index in [0.29, 0.717) is 5.69 Å². The van der Waals surface area contributed by atoms with Gasteiger partial charge in [0.15, 0.2) is 0 Å². The van der Waals surface area contributed by atoms with Crippen molar-refractivity contribution in [2.24, 2.45) is 7.05 Å². The van der Waals surface area contributed by atoms with Gasteiger partial charge in [0.1, 0.15) is 5.69 Å².